The van der Waals surface area contributed by atoms with E-state index in [4.69, 9.17) is 4.74 Å². The molecule has 1 fully saturated rings. The molecule has 2 heterocycles. The molecule has 1 amide bonds. The van der Waals surface area contributed by atoms with E-state index in [2.05, 4.69) is 5.10 Å². The largest absolute Gasteiger partial charge is 0.367 e. The first-order chi connectivity index (χ1) is 10.8. The Balaban J connectivity index is 1.73. The highest BCUT2D eigenvalue weighted by atomic mass is 16.5. The number of likely N-dealkylation sites (tertiary alicyclic amines) is 1. The van der Waals surface area contributed by atoms with Crippen LogP contribution in [0.25, 0.3) is 0 Å². The van der Waals surface area contributed by atoms with Crippen LogP contribution in [0.4, 0.5) is 0 Å². The van der Waals surface area contributed by atoms with Crippen LogP contribution in [-0.4, -0.2) is 40.8 Å². The topological polar surface area (TPSA) is 47.4 Å². The molecule has 1 saturated heterocycles. The second-order valence-electron chi connectivity index (χ2n) is 5.59. The average Bonchev–Trinajstić information content (AvgIpc) is 3.11. The zero-order chi connectivity index (χ0) is 15.4. The van der Waals surface area contributed by atoms with Gasteiger partial charge in [-0.15, -0.1) is 0 Å². The van der Waals surface area contributed by atoms with Gasteiger partial charge in [0, 0.05) is 32.6 Å². The van der Waals surface area contributed by atoms with E-state index >= 15 is 0 Å². The van der Waals surface area contributed by atoms with Crippen LogP contribution in [0.15, 0.2) is 48.8 Å². The summed E-state index contributed by atoms with van der Waals surface area (Å²) in [7, 11) is 1.59. The number of hydrogen-bond donors (Lipinski definition) is 0. The van der Waals surface area contributed by atoms with E-state index < -0.39 is 6.10 Å². The fraction of sp³-hybridized carbons (Fsp3) is 0.412. The average molecular weight is 299 g/mol. The number of hydrogen-bond acceptors (Lipinski definition) is 3. The lowest BCUT2D eigenvalue weighted by Gasteiger charge is -2.34. The molecular formula is C17H21N3O2. The van der Waals surface area contributed by atoms with E-state index in [1.54, 1.807) is 13.3 Å². The first-order valence-corrected chi connectivity index (χ1v) is 7.65. The highest BCUT2D eigenvalue weighted by Gasteiger charge is 2.30. The Labute approximate surface area is 130 Å². The van der Waals surface area contributed by atoms with Crippen LogP contribution in [0.1, 0.15) is 30.6 Å². The molecule has 3 rings (SSSR count). The number of methoxy groups -OCH3 is 1. The van der Waals surface area contributed by atoms with Gasteiger partial charge in [-0.05, 0) is 24.5 Å². The Morgan fingerprint density at radius 3 is 2.82 bits per heavy atom. The lowest BCUT2D eigenvalue weighted by Crippen LogP contribution is -2.43. The third-order valence-corrected chi connectivity index (χ3v) is 4.17. The van der Waals surface area contributed by atoms with Gasteiger partial charge in [0.25, 0.3) is 5.91 Å². The molecule has 0 spiro atoms. The van der Waals surface area contributed by atoms with Crippen molar-refractivity contribution in [1.29, 1.82) is 0 Å². The van der Waals surface area contributed by atoms with E-state index in [9.17, 15) is 4.79 Å². The zero-order valence-corrected chi connectivity index (χ0v) is 12.8. The number of nitrogens with zero attached hydrogens (tertiary/aromatic N) is 3. The van der Waals surface area contributed by atoms with Gasteiger partial charge in [0.15, 0.2) is 6.10 Å². The van der Waals surface area contributed by atoms with E-state index in [1.807, 2.05) is 52.2 Å². The smallest absolute Gasteiger partial charge is 0.256 e. The Kier molecular flexibility index (Phi) is 4.53. The number of rotatable bonds is 4. The summed E-state index contributed by atoms with van der Waals surface area (Å²) in [5.74, 6) is 0.0329. The summed E-state index contributed by atoms with van der Waals surface area (Å²) in [5.41, 5.74) is 0.899. The van der Waals surface area contributed by atoms with Gasteiger partial charge < -0.3 is 9.64 Å². The predicted molar refractivity (Wildman–Crippen MR) is 83.3 cm³/mol. The van der Waals surface area contributed by atoms with Gasteiger partial charge in [0.05, 0.1) is 6.04 Å². The lowest BCUT2D eigenvalue weighted by molar-refractivity contribution is -0.144. The van der Waals surface area contributed by atoms with Gasteiger partial charge >= 0.3 is 0 Å². The molecule has 0 N–H and O–H groups in total. The molecule has 2 aromatic rings. The van der Waals surface area contributed by atoms with E-state index in [0.717, 1.165) is 24.9 Å². The van der Waals surface area contributed by atoms with Crippen molar-refractivity contribution in [2.75, 3.05) is 20.2 Å². The third-order valence-electron chi connectivity index (χ3n) is 4.17. The lowest BCUT2D eigenvalue weighted by atomic mass is 10.0. The number of ether oxygens (including phenoxy) is 1. The quantitative estimate of drug-likeness (QED) is 0.871. The third kappa shape index (κ3) is 3.04. The summed E-state index contributed by atoms with van der Waals surface area (Å²) in [4.78, 5) is 14.7. The van der Waals surface area contributed by atoms with Crippen molar-refractivity contribution < 1.29 is 9.53 Å². The Morgan fingerprint density at radius 2 is 2.14 bits per heavy atom. The molecule has 5 nitrogen and oxygen atoms in total. The van der Waals surface area contributed by atoms with E-state index in [1.165, 1.54) is 0 Å². The Morgan fingerprint density at radius 1 is 1.32 bits per heavy atom. The normalized spacial score (nSPS) is 19.9. The zero-order valence-electron chi connectivity index (χ0n) is 12.8. The fourth-order valence-corrected chi connectivity index (χ4v) is 3.04. The highest BCUT2D eigenvalue weighted by Crippen LogP contribution is 2.25. The first kappa shape index (κ1) is 14.8. The fourth-order valence-electron chi connectivity index (χ4n) is 3.04. The number of aromatic nitrogens is 2. The molecule has 0 saturated carbocycles. The van der Waals surface area contributed by atoms with Crippen LogP contribution in [0.5, 0.6) is 0 Å². The number of benzene rings is 1. The standard InChI is InChI=1S/C17H21N3O2/c1-22-16(14-7-3-2-4-8-14)17(21)19-11-5-9-15(13-19)20-12-6-10-18-20/h2-4,6-8,10,12,15-16H,5,9,11,13H2,1H3. The maximum absolute atomic E-state index is 12.8. The summed E-state index contributed by atoms with van der Waals surface area (Å²) in [6.07, 6.45) is 5.25. The second kappa shape index (κ2) is 6.75. The number of piperidine rings is 1. The monoisotopic (exact) mass is 299 g/mol. The van der Waals surface area contributed by atoms with Gasteiger partial charge in [-0.1, -0.05) is 30.3 Å². The molecular weight excluding hydrogens is 278 g/mol. The number of carbonyl (C=O) groups is 1. The van der Waals surface area contributed by atoms with Crippen molar-refractivity contribution in [2.24, 2.45) is 0 Å². The minimum atomic E-state index is -0.530. The van der Waals surface area contributed by atoms with Gasteiger partial charge in [-0.3, -0.25) is 9.48 Å². The van der Waals surface area contributed by atoms with Crippen LogP contribution in [0.3, 0.4) is 0 Å². The summed E-state index contributed by atoms with van der Waals surface area (Å²) < 4.78 is 7.41. The maximum atomic E-state index is 12.8. The van der Waals surface area contributed by atoms with Gasteiger partial charge in [0.2, 0.25) is 0 Å². The highest BCUT2D eigenvalue weighted by molar-refractivity contribution is 5.82. The number of amides is 1. The van der Waals surface area contributed by atoms with Crippen LogP contribution in [-0.2, 0) is 9.53 Å². The van der Waals surface area contributed by atoms with Crippen LogP contribution >= 0.6 is 0 Å². The van der Waals surface area contributed by atoms with Crippen LogP contribution in [0.2, 0.25) is 0 Å². The summed E-state index contributed by atoms with van der Waals surface area (Å²) in [6.45, 7) is 1.47. The molecule has 2 atom stereocenters. The minimum absolute atomic E-state index is 0.0329. The van der Waals surface area contributed by atoms with Crippen LogP contribution < -0.4 is 0 Å². The van der Waals surface area contributed by atoms with Crippen molar-refractivity contribution in [3.8, 4) is 0 Å². The molecule has 5 heteroatoms. The molecule has 1 aliphatic heterocycles. The van der Waals surface area contributed by atoms with Gasteiger partial charge in [-0.25, -0.2) is 0 Å². The summed E-state index contributed by atoms with van der Waals surface area (Å²) >= 11 is 0. The molecule has 1 aliphatic rings. The molecule has 22 heavy (non-hydrogen) atoms. The molecule has 1 aromatic carbocycles. The Bertz CT molecular complexity index is 598. The van der Waals surface area contributed by atoms with E-state index in [0.29, 0.717) is 6.54 Å². The molecule has 0 bridgehead atoms. The van der Waals surface area contributed by atoms with Crippen molar-refractivity contribution in [2.45, 2.75) is 25.0 Å². The summed E-state index contributed by atoms with van der Waals surface area (Å²) in [6, 6.07) is 11.8. The molecule has 1 aromatic heterocycles. The summed E-state index contributed by atoms with van der Waals surface area (Å²) in [5, 5.41) is 4.30. The minimum Gasteiger partial charge on any atom is -0.367 e. The molecule has 0 aliphatic carbocycles. The van der Waals surface area contributed by atoms with Crippen LogP contribution in [0, 0.1) is 0 Å². The van der Waals surface area contributed by atoms with Gasteiger partial charge in [0.1, 0.15) is 0 Å². The molecule has 116 valence electrons. The van der Waals surface area contributed by atoms with Crippen molar-refractivity contribution >= 4 is 5.91 Å². The maximum Gasteiger partial charge on any atom is 0.256 e. The molecule has 0 radical (unpaired) electrons. The first-order valence-electron chi connectivity index (χ1n) is 7.65. The molecule has 2 unspecified atom stereocenters. The van der Waals surface area contributed by atoms with E-state index in [-0.39, 0.29) is 11.9 Å². The van der Waals surface area contributed by atoms with Gasteiger partial charge in [-0.2, -0.15) is 5.10 Å². The van der Waals surface area contributed by atoms with Crippen molar-refractivity contribution in [3.05, 3.63) is 54.4 Å². The number of carbonyl (C=O) groups excluding carboxylic acids is 1. The van der Waals surface area contributed by atoms with Crippen molar-refractivity contribution in [1.82, 2.24) is 14.7 Å². The predicted octanol–water partition coefficient (Wildman–Crippen LogP) is 2.43. The second-order valence-corrected chi connectivity index (χ2v) is 5.59. The Hall–Kier alpha value is -2.14. The van der Waals surface area contributed by atoms with Crippen molar-refractivity contribution in [3.63, 3.8) is 0 Å². The SMILES string of the molecule is COC(C(=O)N1CCCC(n2cccn2)C1)c1ccccc1.